The molecule has 0 spiro atoms. The van der Waals surface area contributed by atoms with Gasteiger partial charge < -0.3 is 5.11 Å². The first-order chi connectivity index (χ1) is 11.7. The Morgan fingerprint density at radius 2 is 1.62 bits per heavy atom. The van der Waals surface area contributed by atoms with Crippen LogP contribution < -0.4 is 5.46 Å². The second-order valence-corrected chi connectivity index (χ2v) is 6.86. The average Bonchev–Trinajstić information content (AvgIpc) is 2.62. The van der Waals surface area contributed by atoms with Crippen LogP contribution in [-0.4, -0.2) is 12.4 Å². The Balaban J connectivity index is 1.65. The SMILES string of the molecule is CC[B]c1ccc(CCC(C)CCCC(O)c2ccccc2)cc1. The molecule has 0 aliphatic heterocycles. The van der Waals surface area contributed by atoms with Gasteiger partial charge in [0.15, 0.2) is 7.28 Å². The summed E-state index contributed by atoms with van der Waals surface area (Å²) in [6, 6.07) is 18.9. The molecule has 0 saturated heterocycles. The molecule has 1 radical (unpaired) electrons. The van der Waals surface area contributed by atoms with Crippen molar-refractivity contribution in [3.05, 3.63) is 65.7 Å². The standard InChI is InChI=1S/C22H30BO/c1-3-23-21-16-14-19(15-17-21)13-12-18(2)8-7-11-22(24)20-9-5-4-6-10-20/h4-6,9-10,14-18,22,24H,3,7-8,11-13H2,1-2H3. The number of aliphatic hydroxyl groups is 1. The van der Waals surface area contributed by atoms with E-state index in [4.69, 9.17) is 0 Å². The van der Waals surface area contributed by atoms with Crippen molar-refractivity contribution >= 4 is 12.7 Å². The fourth-order valence-electron chi connectivity index (χ4n) is 3.12. The second kappa shape index (κ2) is 10.4. The minimum atomic E-state index is -0.319. The van der Waals surface area contributed by atoms with Crippen LogP contribution in [0.2, 0.25) is 6.32 Å². The van der Waals surface area contributed by atoms with Crippen LogP contribution in [0.5, 0.6) is 0 Å². The van der Waals surface area contributed by atoms with E-state index in [0.717, 1.165) is 31.1 Å². The van der Waals surface area contributed by atoms with Crippen molar-refractivity contribution in [2.75, 3.05) is 0 Å². The van der Waals surface area contributed by atoms with Crippen LogP contribution in [0.15, 0.2) is 54.6 Å². The lowest BCUT2D eigenvalue weighted by atomic mass is 9.68. The minimum absolute atomic E-state index is 0.319. The predicted octanol–water partition coefficient (Wildman–Crippen LogP) is 4.93. The largest absolute Gasteiger partial charge is 0.388 e. The van der Waals surface area contributed by atoms with Gasteiger partial charge in [0.05, 0.1) is 6.10 Å². The van der Waals surface area contributed by atoms with Gasteiger partial charge in [0.2, 0.25) is 0 Å². The number of hydrogen-bond acceptors (Lipinski definition) is 1. The third kappa shape index (κ3) is 6.53. The molecule has 2 rings (SSSR count). The van der Waals surface area contributed by atoms with Gasteiger partial charge in [-0.1, -0.05) is 93.1 Å². The Hall–Kier alpha value is -1.54. The van der Waals surface area contributed by atoms with Gasteiger partial charge in [-0.2, -0.15) is 0 Å². The van der Waals surface area contributed by atoms with Gasteiger partial charge in [-0.15, -0.1) is 0 Å². The maximum Gasteiger partial charge on any atom is 0.151 e. The maximum absolute atomic E-state index is 10.2. The summed E-state index contributed by atoms with van der Waals surface area (Å²) < 4.78 is 0. The molecule has 1 nitrogen and oxygen atoms in total. The van der Waals surface area contributed by atoms with E-state index in [1.165, 1.54) is 23.9 Å². The summed E-state index contributed by atoms with van der Waals surface area (Å²) in [6.45, 7) is 4.50. The maximum atomic E-state index is 10.2. The highest BCUT2D eigenvalue weighted by Crippen LogP contribution is 2.22. The molecular weight excluding hydrogens is 291 g/mol. The number of aryl methyl sites for hydroxylation is 1. The molecule has 2 unspecified atom stereocenters. The first-order valence-corrected chi connectivity index (χ1v) is 9.34. The van der Waals surface area contributed by atoms with Crippen LogP contribution in [0.3, 0.4) is 0 Å². The van der Waals surface area contributed by atoms with E-state index in [0.29, 0.717) is 5.92 Å². The van der Waals surface area contributed by atoms with Crippen molar-refractivity contribution in [3.63, 3.8) is 0 Å². The highest BCUT2D eigenvalue weighted by Gasteiger charge is 2.09. The molecule has 0 saturated carbocycles. The summed E-state index contributed by atoms with van der Waals surface area (Å²) in [6.07, 6.45) is 6.27. The monoisotopic (exact) mass is 321 g/mol. The van der Waals surface area contributed by atoms with Gasteiger partial charge in [0.1, 0.15) is 0 Å². The van der Waals surface area contributed by atoms with E-state index in [1.807, 2.05) is 30.3 Å². The minimum Gasteiger partial charge on any atom is -0.388 e. The molecule has 2 atom stereocenters. The molecule has 0 aliphatic carbocycles. The Bertz CT molecular complexity index is 564. The Morgan fingerprint density at radius 3 is 2.29 bits per heavy atom. The zero-order valence-electron chi connectivity index (χ0n) is 15.1. The normalized spacial score (nSPS) is 13.5. The van der Waals surface area contributed by atoms with E-state index in [-0.39, 0.29) is 6.10 Å². The summed E-state index contributed by atoms with van der Waals surface area (Å²) >= 11 is 0. The van der Waals surface area contributed by atoms with Crippen molar-refractivity contribution in [1.82, 2.24) is 0 Å². The number of rotatable bonds is 10. The van der Waals surface area contributed by atoms with Gasteiger partial charge in [0.25, 0.3) is 0 Å². The quantitative estimate of drug-likeness (QED) is 0.615. The lowest BCUT2D eigenvalue weighted by Gasteiger charge is -2.14. The molecule has 0 amide bonds. The molecular formula is C22H30BO. The molecule has 2 aromatic carbocycles. The molecule has 0 aromatic heterocycles. The molecule has 2 aromatic rings. The summed E-state index contributed by atoms with van der Waals surface area (Å²) in [7, 11) is 2.25. The summed E-state index contributed by atoms with van der Waals surface area (Å²) in [4.78, 5) is 0. The smallest absolute Gasteiger partial charge is 0.151 e. The highest BCUT2D eigenvalue weighted by atomic mass is 16.3. The third-order valence-corrected chi connectivity index (χ3v) is 4.70. The second-order valence-electron chi connectivity index (χ2n) is 6.86. The zero-order valence-corrected chi connectivity index (χ0v) is 15.1. The van der Waals surface area contributed by atoms with Crippen LogP contribution in [0, 0.1) is 5.92 Å². The molecule has 24 heavy (non-hydrogen) atoms. The first kappa shape index (κ1) is 18.8. The molecule has 1 N–H and O–H groups in total. The van der Waals surface area contributed by atoms with E-state index >= 15 is 0 Å². The predicted molar refractivity (Wildman–Crippen MR) is 105 cm³/mol. The van der Waals surface area contributed by atoms with Gasteiger partial charge in [-0.05, 0) is 36.3 Å². The Labute approximate surface area is 148 Å². The molecule has 2 heteroatoms. The van der Waals surface area contributed by atoms with E-state index in [9.17, 15) is 5.11 Å². The van der Waals surface area contributed by atoms with Crippen molar-refractivity contribution in [3.8, 4) is 0 Å². The Kier molecular flexibility index (Phi) is 8.11. The lowest BCUT2D eigenvalue weighted by Crippen LogP contribution is -2.12. The third-order valence-electron chi connectivity index (χ3n) is 4.70. The van der Waals surface area contributed by atoms with Gasteiger partial charge in [-0.3, -0.25) is 0 Å². The van der Waals surface area contributed by atoms with Crippen LogP contribution in [0.25, 0.3) is 0 Å². The van der Waals surface area contributed by atoms with Gasteiger partial charge >= 0.3 is 0 Å². The fourth-order valence-corrected chi connectivity index (χ4v) is 3.12. The molecule has 127 valence electrons. The van der Waals surface area contributed by atoms with Crippen LogP contribution in [-0.2, 0) is 6.42 Å². The van der Waals surface area contributed by atoms with E-state index in [1.54, 1.807) is 0 Å². The zero-order chi connectivity index (χ0) is 17.2. The van der Waals surface area contributed by atoms with Crippen molar-refractivity contribution in [2.24, 2.45) is 5.92 Å². The number of hydrogen-bond donors (Lipinski definition) is 1. The summed E-state index contributed by atoms with van der Waals surface area (Å²) in [5, 5.41) is 10.2. The van der Waals surface area contributed by atoms with Crippen LogP contribution in [0.4, 0.5) is 0 Å². The summed E-state index contributed by atoms with van der Waals surface area (Å²) in [5.41, 5.74) is 3.79. The van der Waals surface area contributed by atoms with Crippen molar-refractivity contribution in [2.45, 2.75) is 58.4 Å². The van der Waals surface area contributed by atoms with Gasteiger partial charge in [-0.25, -0.2) is 0 Å². The first-order valence-electron chi connectivity index (χ1n) is 9.34. The van der Waals surface area contributed by atoms with Gasteiger partial charge in [0, 0.05) is 0 Å². The Morgan fingerprint density at radius 1 is 0.917 bits per heavy atom. The van der Waals surface area contributed by atoms with Crippen molar-refractivity contribution in [1.29, 1.82) is 0 Å². The highest BCUT2D eigenvalue weighted by molar-refractivity contribution is 6.53. The summed E-state index contributed by atoms with van der Waals surface area (Å²) in [5.74, 6) is 0.704. The molecule has 0 bridgehead atoms. The van der Waals surface area contributed by atoms with Crippen molar-refractivity contribution < 1.29 is 5.11 Å². The molecule has 0 aliphatic rings. The molecule has 0 heterocycles. The van der Waals surface area contributed by atoms with E-state index < -0.39 is 0 Å². The van der Waals surface area contributed by atoms with E-state index in [2.05, 4.69) is 45.4 Å². The number of aliphatic hydroxyl groups excluding tert-OH is 1. The fraction of sp³-hybridized carbons (Fsp3) is 0.455. The number of benzene rings is 2. The van der Waals surface area contributed by atoms with Crippen LogP contribution in [0.1, 0.15) is 56.8 Å². The lowest BCUT2D eigenvalue weighted by molar-refractivity contribution is 0.161. The van der Waals surface area contributed by atoms with Crippen LogP contribution >= 0.6 is 0 Å². The molecule has 0 fully saturated rings. The topological polar surface area (TPSA) is 20.2 Å². The average molecular weight is 321 g/mol.